The molecule has 2 aromatic carbocycles. The maximum absolute atomic E-state index is 13.7. The number of amides is 2. The van der Waals surface area contributed by atoms with Crippen LogP contribution < -0.4 is 15.0 Å². The Balaban J connectivity index is 1.71. The zero-order chi connectivity index (χ0) is 25.7. The summed E-state index contributed by atoms with van der Waals surface area (Å²) >= 11 is 1.07. The van der Waals surface area contributed by atoms with E-state index in [0.29, 0.717) is 23.1 Å². The first-order valence-corrected chi connectivity index (χ1v) is 12.4. The highest BCUT2D eigenvalue weighted by molar-refractivity contribution is 7.03. The molecule has 0 bridgehead atoms. The van der Waals surface area contributed by atoms with Crippen LogP contribution in [0, 0.1) is 6.92 Å². The number of hydrogen-bond donors (Lipinski definition) is 1. The number of methoxy groups -OCH3 is 1. The molecule has 1 atom stereocenters. The van der Waals surface area contributed by atoms with Crippen LogP contribution in [0.5, 0.6) is 5.75 Å². The fourth-order valence-electron chi connectivity index (χ4n) is 3.79. The van der Waals surface area contributed by atoms with E-state index >= 15 is 0 Å². The molecule has 4 aromatic rings. The van der Waals surface area contributed by atoms with E-state index in [9.17, 15) is 9.59 Å². The van der Waals surface area contributed by atoms with Crippen LogP contribution in [0.4, 0.5) is 5.69 Å². The molecule has 0 radical (unpaired) electrons. The van der Waals surface area contributed by atoms with Gasteiger partial charge in [0.25, 0.3) is 11.8 Å². The van der Waals surface area contributed by atoms with Crippen molar-refractivity contribution in [1.82, 2.24) is 14.9 Å². The zero-order valence-corrected chi connectivity index (χ0v) is 21.4. The number of carbonyl (C=O) groups excluding carboxylic acids is 2. The zero-order valence-electron chi connectivity index (χ0n) is 20.6. The van der Waals surface area contributed by atoms with Crippen molar-refractivity contribution in [2.45, 2.75) is 39.3 Å². The summed E-state index contributed by atoms with van der Waals surface area (Å²) in [5.41, 5.74) is 2.72. The minimum atomic E-state index is -1.06. The number of carbonyl (C=O) groups is 2. The second kappa shape index (κ2) is 11.2. The van der Waals surface area contributed by atoms with Crippen molar-refractivity contribution in [2.24, 2.45) is 0 Å². The Bertz CT molecular complexity index is 1300. The number of ether oxygens (including phenoxy) is 1. The van der Waals surface area contributed by atoms with Gasteiger partial charge in [-0.3, -0.25) is 14.5 Å². The third-order valence-electron chi connectivity index (χ3n) is 5.80. The number of nitrogens with zero attached hydrogens (tertiary/aromatic N) is 3. The van der Waals surface area contributed by atoms with Crippen molar-refractivity contribution in [3.05, 3.63) is 94.4 Å². The Hall–Kier alpha value is -3.98. The summed E-state index contributed by atoms with van der Waals surface area (Å²) < 4.78 is 14.9. The molecule has 0 spiro atoms. The van der Waals surface area contributed by atoms with Gasteiger partial charge in [-0.2, -0.15) is 0 Å². The average Bonchev–Trinajstić information content (AvgIpc) is 3.58. The summed E-state index contributed by atoms with van der Waals surface area (Å²) in [7, 11) is 1.60. The average molecular weight is 505 g/mol. The Morgan fingerprint density at radius 2 is 1.78 bits per heavy atom. The summed E-state index contributed by atoms with van der Waals surface area (Å²) in [5.74, 6) is 1.21. The number of aromatic nitrogens is 2. The van der Waals surface area contributed by atoms with Gasteiger partial charge in [-0.05, 0) is 71.9 Å². The first-order valence-electron chi connectivity index (χ1n) is 11.5. The lowest BCUT2D eigenvalue weighted by Crippen LogP contribution is -2.44. The molecule has 36 heavy (non-hydrogen) atoms. The lowest BCUT2D eigenvalue weighted by atomic mass is 10.0. The van der Waals surface area contributed by atoms with Crippen molar-refractivity contribution in [3.63, 3.8) is 0 Å². The van der Waals surface area contributed by atoms with Gasteiger partial charge in [0.05, 0.1) is 7.11 Å². The van der Waals surface area contributed by atoms with Gasteiger partial charge >= 0.3 is 0 Å². The lowest BCUT2D eigenvalue weighted by Gasteiger charge is -2.29. The number of nitrogens with one attached hydrogen (secondary N) is 1. The fraction of sp³-hybridized carbons (Fsp3) is 0.259. The van der Waals surface area contributed by atoms with Gasteiger partial charge in [-0.15, -0.1) is 5.10 Å². The Labute approximate surface area is 214 Å². The minimum Gasteiger partial charge on any atom is -0.497 e. The fourth-order valence-corrected chi connectivity index (χ4v) is 4.22. The van der Waals surface area contributed by atoms with Gasteiger partial charge < -0.3 is 14.5 Å². The number of rotatable bonds is 9. The van der Waals surface area contributed by atoms with Crippen molar-refractivity contribution >= 4 is 29.0 Å². The van der Waals surface area contributed by atoms with E-state index in [1.807, 2.05) is 48.5 Å². The standard InChI is InChI=1S/C27H28N4O4S/c1-17(2)20-8-10-21(11-9-20)31(27(33)23-16-36-30-29-23)25(24-14-5-18(3)35-24)26(32)28-15-19-6-12-22(34-4)13-7-19/h5-14,16-17,25H,15H2,1-4H3,(H,28,32)/t25-/m0/s1. The molecule has 0 aliphatic rings. The molecule has 2 amide bonds. The molecule has 9 heteroatoms. The van der Waals surface area contributed by atoms with E-state index in [-0.39, 0.29) is 18.1 Å². The molecule has 0 saturated carbocycles. The molecule has 2 heterocycles. The number of hydrogen-bond acceptors (Lipinski definition) is 7. The predicted molar refractivity (Wildman–Crippen MR) is 138 cm³/mol. The Kier molecular flexibility index (Phi) is 7.80. The third kappa shape index (κ3) is 5.63. The normalized spacial score (nSPS) is 11.8. The van der Waals surface area contributed by atoms with Crippen molar-refractivity contribution in [2.75, 3.05) is 12.0 Å². The van der Waals surface area contributed by atoms with Crippen LogP contribution in [0.1, 0.15) is 58.9 Å². The molecule has 1 N–H and O–H groups in total. The minimum absolute atomic E-state index is 0.157. The summed E-state index contributed by atoms with van der Waals surface area (Å²) in [4.78, 5) is 28.8. The van der Waals surface area contributed by atoms with Gasteiger partial charge in [-0.1, -0.05) is 42.6 Å². The third-order valence-corrected chi connectivity index (χ3v) is 6.30. The summed E-state index contributed by atoms with van der Waals surface area (Å²) in [5, 5.41) is 8.49. The highest BCUT2D eigenvalue weighted by Crippen LogP contribution is 2.32. The predicted octanol–water partition coefficient (Wildman–Crippen LogP) is 5.28. The first-order chi connectivity index (χ1) is 17.4. The van der Waals surface area contributed by atoms with Gasteiger partial charge in [0.1, 0.15) is 17.3 Å². The molecule has 186 valence electrons. The van der Waals surface area contributed by atoms with Crippen LogP contribution in [-0.4, -0.2) is 28.5 Å². The van der Waals surface area contributed by atoms with Gasteiger partial charge in [-0.25, -0.2) is 0 Å². The topological polar surface area (TPSA) is 97.6 Å². The molecular weight excluding hydrogens is 476 g/mol. The van der Waals surface area contributed by atoms with Crippen LogP contribution >= 0.6 is 11.5 Å². The highest BCUT2D eigenvalue weighted by atomic mass is 32.1. The smallest absolute Gasteiger partial charge is 0.280 e. The van der Waals surface area contributed by atoms with E-state index in [4.69, 9.17) is 9.15 Å². The van der Waals surface area contributed by atoms with E-state index in [0.717, 1.165) is 28.4 Å². The van der Waals surface area contributed by atoms with E-state index in [1.54, 1.807) is 31.5 Å². The SMILES string of the molecule is COc1ccc(CNC(=O)[C@H](c2ccc(C)o2)N(C(=O)c2csnn2)c2ccc(C(C)C)cc2)cc1. The molecule has 0 aliphatic heterocycles. The van der Waals surface area contributed by atoms with Gasteiger partial charge in [0.2, 0.25) is 0 Å². The number of benzene rings is 2. The molecule has 8 nitrogen and oxygen atoms in total. The maximum atomic E-state index is 13.7. The quantitative estimate of drug-likeness (QED) is 0.333. The Morgan fingerprint density at radius 1 is 1.06 bits per heavy atom. The maximum Gasteiger partial charge on any atom is 0.280 e. The summed E-state index contributed by atoms with van der Waals surface area (Å²) in [6, 6.07) is 17.4. The Morgan fingerprint density at radius 3 is 2.33 bits per heavy atom. The van der Waals surface area contributed by atoms with Crippen molar-refractivity contribution in [3.8, 4) is 5.75 Å². The molecule has 0 saturated heterocycles. The first kappa shape index (κ1) is 25.1. The second-order valence-electron chi connectivity index (χ2n) is 8.63. The van der Waals surface area contributed by atoms with E-state index < -0.39 is 11.9 Å². The molecular formula is C27H28N4O4S. The van der Waals surface area contributed by atoms with Crippen LogP contribution in [0.2, 0.25) is 0 Å². The molecule has 4 rings (SSSR count). The van der Waals surface area contributed by atoms with E-state index in [2.05, 4.69) is 28.8 Å². The monoisotopic (exact) mass is 504 g/mol. The summed E-state index contributed by atoms with van der Waals surface area (Å²) in [6.45, 7) is 6.26. The number of anilines is 1. The highest BCUT2D eigenvalue weighted by Gasteiger charge is 2.36. The molecule has 2 aromatic heterocycles. The van der Waals surface area contributed by atoms with Crippen molar-refractivity contribution < 1.29 is 18.7 Å². The van der Waals surface area contributed by atoms with Gasteiger partial charge in [0, 0.05) is 17.6 Å². The number of furan rings is 1. The van der Waals surface area contributed by atoms with Crippen LogP contribution in [0.3, 0.4) is 0 Å². The largest absolute Gasteiger partial charge is 0.497 e. The van der Waals surface area contributed by atoms with Gasteiger partial charge in [0.15, 0.2) is 11.7 Å². The van der Waals surface area contributed by atoms with Crippen LogP contribution in [0.15, 0.2) is 70.5 Å². The number of aryl methyl sites for hydroxylation is 1. The molecule has 0 aliphatic carbocycles. The molecule has 0 unspecified atom stereocenters. The lowest BCUT2D eigenvalue weighted by molar-refractivity contribution is -0.123. The second-order valence-corrected chi connectivity index (χ2v) is 9.24. The van der Waals surface area contributed by atoms with Crippen LogP contribution in [-0.2, 0) is 11.3 Å². The summed E-state index contributed by atoms with van der Waals surface area (Å²) in [6.07, 6.45) is 0. The van der Waals surface area contributed by atoms with Crippen molar-refractivity contribution in [1.29, 1.82) is 0 Å². The van der Waals surface area contributed by atoms with Crippen LogP contribution in [0.25, 0.3) is 0 Å². The molecule has 0 fully saturated rings. The van der Waals surface area contributed by atoms with E-state index in [1.165, 1.54) is 4.90 Å².